The number of aromatic carboxylic acids is 1. The molecule has 0 radical (unpaired) electrons. The van der Waals surface area contributed by atoms with E-state index in [1.165, 1.54) is 25.7 Å². The lowest BCUT2D eigenvalue weighted by Crippen LogP contribution is -2.21. The summed E-state index contributed by atoms with van der Waals surface area (Å²) in [5, 5.41) is 11.7. The molecule has 0 aromatic heterocycles. The zero-order valence-electron chi connectivity index (χ0n) is 10.8. The number of methoxy groups -OCH3 is 1. The van der Waals surface area contributed by atoms with Crippen molar-refractivity contribution in [3.8, 4) is 5.75 Å². The Kier molecular flexibility index (Phi) is 4.04. The first kappa shape index (κ1) is 13.4. The van der Waals surface area contributed by atoms with Gasteiger partial charge in [-0.05, 0) is 37.0 Å². The second kappa shape index (κ2) is 5.73. The molecule has 0 heterocycles. The van der Waals surface area contributed by atoms with Gasteiger partial charge in [0.05, 0.1) is 18.4 Å². The van der Waals surface area contributed by atoms with Crippen LogP contribution in [-0.4, -0.2) is 24.1 Å². The maximum Gasteiger partial charge on any atom is 0.335 e. The number of carbonyl (C=O) groups excluding carboxylic acids is 1. The Bertz CT molecular complexity index is 494. The van der Waals surface area contributed by atoms with E-state index in [2.05, 4.69) is 5.32 Å². The summed E-state index contributed by atoms with van der Waals surface area (Å²) in [4.78, 5) is 22.7. The van der Waals surface area contributed by atoms with Crippen LogP contribution in [0.4, 0.5) is 5.69 Å². The summed E-state index contributed by atoms with van der Waals surface area (Å²) in [6, 6.07) is 4.41. The molecule has 0 saturated heterocycles. The lowest BCUT2D eigenvalue weighted by molar-refractivity contribution is -0.117. The van der Waals surface area contributed by atoms with Gasteiger partial charge < -0.3 is 15.2 Å². The second-order valence-corrected chi connectivity index (χ2v) is 4.77. The number of rotatable bonds is 5. The van der Waals surface area contributed by atoms with E-state index in [4.69, 9.17) is 9.84 Å². The van der Waals surface area contributed by atoms with E-state index < -0.39 is 5.97 Å². The van der Waals surface area contributed by atoms with Crippen LogP contribution in [0.25, 0.3) is 0 Å². The van der Waals surface area contributed by atoms with Crippen molar-refractivity contribution in [2.75, 3.05) is 12.4 Å². The summed E-state index contributed by atoms with van der Waals surface area (Å²) < 4.78 is 5.10. The van der Waals surface area contributed by atoms with Crippen molar-refractivity contribution in [2.45, 2.75) is 25.7 Å². The Labute approximate surface area is 111 Å². The third-order valence-electron chi connectivity index (χ3n) is 3.42. The van der Waals surface area contributed by atoms with Crippen LogP contribution in [0.2, 0.25) is 0 Å². The van der Waals surface area contributed by atoms with Crippen molar-refractivity contribution < 1.29 is 19.4 Å². The van der Waals surface area contributed by atoms with Crippen molar-refractivity contribution in [3.63, 3.8) is 0 Å². The number of carboxylic acid groups (broad SMARTS) is 1. The molecule has 0 unspecified atom stereocenters. The molecule has 0 atom stereocenters. The van der Waals surface area contributed by atoms with Crippen LogP contribution >= 0.6 is 0 Å². The molecule has 0 bridgehead atoms. The van der Waals surface area contributed by atoms with Crippen molar-refractivity contribution in [1.29, 1.82) is 0 Å². The zero-order valence-corrected chi connectivity index (χ0v) is 10.8. The minimum atomic E-state index is -1.02. The molecule has 5 nitrogen and oxygen atoms in total. The smallest absolute Gasteiger partial charge is 0.335 e. The first-order valence-electron chi connectivity index (χ1n) is 6.31. The average Bonchev–Trinajstić information content (AvgIpc) is 2.34. The number of carboxylic acids is 1. The van der Waals surface area contributed by atoms with E-state index in [1.807, 2.05) is 0 Å². The maximum absolute atomic E-state index is 11.8. The number of hydrogen-bond acceptors (Lipinski definition) is 3. The molecule has 19 heavy (non-hydrogen) atoms. The van der Waals surface area contributed by atoms with Gasteiger partial charge in [-0.2, -0.15) is 0 Å². The molecule has 2 N–H and O–H groups in total. The van der Waals surface area contributed by atoms with Crippen LogP contribution in [0, 0.1) is 5.92 Å². The highest BCUT2D eigenvalue weighted by Crippen LogP contribution is 2.31. The zero-order chi connectivity index (χ0) is 13.8. The fourth-order valence-corrected chi connectivity index (χ4v) is 2.09. The van der Waals surface area contributed by atoms with Crippen LogP contribution in [-0.2, 0) is 4.79 Å². The Balaban J connectivity index is 2.06. The highest BCUT2D eigenvalue weighted by molar-refractivity contribution is 5.94. The van der Waals surface area contributed by atoms with E-state index in [1.54, 1.807) is 6.07 Å². The van der Waals surface area contributed by atoms with Crippen molar-refractivity contribution in [2.24, 2.45) is 5.92 Å². The van der Waals surface area contributed by atoms with Gasteiger partial charge in [-0.15, -0.1) is 0 Å². The van der Waals surface area contributed by atoms with Gasteiger partial charge >= 0.3 is 5.97 Å². The number of amides is 1. The van der Waals surface area contributed by atoms with Gasteiger partial charge in [0.2, 0.25) is 5.91 Å². The molecule has 1 aromatic carbocycles. The first-order valence-corrected chi connectivity index (χ1v) is 6.31. The van der Waals surface area contributed by atoms with E-state index in [-0.39, 0.29) is 11.5 Å². The van der Waals surface area contributed by atoms with E-state index >= 15 is 0 Å². The molecule has 1 aliphatic carbocycles. The molecule has 2 rings (SSSR count). The lowest BCUT2D eigenvalue weighted by atomic mass is 9.83. The third kappa shape index (κ3) is 3.24. The summed E-state index contributed by atoms with van der Waals surface area (Å²) in [6.45, 7) is 0. The Morgan fingerprint density at radius 2 is 2.16 bits per heavy atom. The molecule has 1 aliphatic rings. The predicted octanol–water partition coefficient (Wildman–Crippen LogP) is 2.52. The molecule has 0 spiro atoms. The van der Waals surface area contributed by atoms with Gasteiger partial charge in [-0.25, -0.2) is 4.79 Å². The normalized spacial score (nSPS) is 14.6. The van der Waals surface area contributed by atoms with Crippen LogP contribution in [0.15, 0.2) is 18.2 Å². The van der Waals surface area contributed by atoms with Crippen LogP contribution in [0.1, 0.15) is 36.0 Å². The summed E-state index contributed by atoms with van der Waals surface area (Å²) in [7, 11) is 1.45. The molecule has 1 saturated carbocycles. The van der Waals surface area contributed by atoms with Crippen LogP contribution < -0.4 is 10.1 Å². The Morgan fingerprint density at radius 3 is 2.68 bits per heavy atom. The SMILES string of the molecule is COc1cc(C(=O)O)ccc1NC(=O)CC1CCC1. The quantitative estimate of drug-likeness (QED) is 0.855. The summed E-state index contributed by atoms with van der Waals surface area (Å²) in [5.41, 5.74) is 0.644. The topological polar surface area (TPSA) is 75.6 Å². The summed E-state index contributed by atoms with van der Waals surface area (Å²) >= 11 is 0. The van der Waals surface area contributed by atoms with Crippen molar-refractivity contribution in [3.05, 3.63) is 23.8 Å². The number of ether oxygens (including phenoxy) is 1. The maximum atomic E-state index is 11.8. The highest BCUT2D eigenvalue weighted by Gasteiger charge is 2.21. The Hall–Kier alpha value is -2.04. The first-order chi connectivity index (χ1) is 9.10. The van der Waals surface area contributed by atoms with Gasteiger partial charge in [0.25, 0.3) is 0 Å². The van der Waals surface area contributed by atoms with Gasteiger partial charge in [-0.1, -0.05) is 6.42 Å². The largest absolute Gasteiger partial charge is 0.495 e. The van der Waals surface area contributed by atoms with E-state index in [0.717, 1.165) is 12.8 Å². The number of nitrogens with one attached hydrogen (secondary N) is 1. The van der Waals surface area contributed by atoms with Crippen molar-refractivity contribution in [1.82, 2.24) is 0 Å². The van der Waals surface area contributed by atoms with Gasteiger partial charge in [-0.3, -0.25) is 4.79 Å². The molecular weight excluding hydrogens is 246 g/mol. The molecule has 0 aliphatic heterocycles. The number of carbonyl (C=O) groups is 2. The number of benzene rings is 1. The van der Waals surface area contributed by atoms with Crippen LogP contribution in [0.5, 0.6) is 5.75 Å². The molecule has 102 valence electrons. The molecule has 1 aromatic rings. The standard InChI is InChI=1S/C14H17NO4/c1-19-12-8-10(14(17)18)5-6-11(12)15-13(16)7-9-3-2-4-9/h5-6,8-9H,2-4,7H2,1H3,(H,15,16)(H,17,18). The van der Waals surface area contributed by atoms with Gasteiger partial charge in [0.15, 0.2) is 0 Å². The molecule has 5 heteroatoms. The van der Waals surface area contributed by atoms with E-state index in [9.17, 15) is 9.59 Å². The van der Waals surface area contributed by atoms with Gasteiger partial charge in [0, 0.05) is 6.42 Å². The summed E-state index contributed by atoms with van der Waals surface area (Å²) in [6.07, 6.45) is 3.95. The molecule has 1 fully saturated rings. The fourth-order valence-electron chi connectivity index (χ4n) is 2.09. The van der Waals surface area contributed by atoms with Gasteiger partial charge in [0.1, 0.15) is 5.75 Å². The average molecular weight is 263 g/mol. The molecule has 1 amide bonds. The lowest BCUT2D eigenvalue weighted by Gasteiger charge is -2.24. The number of hydrogen-bond donors (Lipinski definition) is 2. The van der Waals surface area contributed by atoms with Crippen molar-refractivity contribution >= 4 is 17.6 Å². The summed E-state index contributed by atoms with van der Waals surface area (Å²) in [5.74, 6) is -0.220. The second-order valence-electron chi connectivity index (χ2n) is 4.77. The number of anilines is 1. The van der Waals surface area contributed by atoms with Crippen LogP contribution in [0.3, 0.4) is 0 Å². The van der Waals surface area contributed by atoms with E-state index in [0.29, 0.717) is 23.8 Å². The minimum Gasteiger partial charge on any atom is -0.495 e. The predicted molar refractivity (Wildman–Crippen MR) is 70.5 cm³/mol. The monoisotopic (exact) mass is 263 g/mol. The Morgan fingerprint density at radius 1 is 1.42 bits per heavy atom. The highest BCUT2D eigenvalue weighted by atomic mass is 16.5. The minimum absolute atomic E-state index is 0.0499. The fraction of sp³-hybridized carbons (Fsp3) is 0.429. The third-order valence-corrected chi connectivity index (χ3v) is 3.42. The molecular formula is C14H17NO4.